The molecule has 1 aliphatic carbocycles. The Hall–Kier alpha value is -0.920. The lowest BCUT2D eigenvalue weighted by Gasteiger charge is -2.40. The minimum Gasteiger partial charge on any atom is -0.336 e. The van der Waals surface area contributed by atoms with Crippen molar-refractivity contribution < 1.29 is 8.42 Å². The van der Waals surface area contributed by atoms with Crippen LogP contribution in [0.2, 0.25) is 0 Å². The lowest BCUT2D eigenvalue weighted by molar-refractivity contribution is 0.104. The van der Waals surface area contributed by atoms with Crippen LogP contribution in [0.3, 0.4) is 0 Å². The van der Waals surface area contributed by atoms with Crippen LogP contribution in [0.1, 0.15) is 37.4 Å². The number of hydrogen-bond donors (Lipinski definition) is 0. The van der Waals surface area contributed by atoms with Gasteiger partial charge in [-0.15, -0.1) is 0 Å². The molecular weight excluding hydrogens is 312 g/mol. The standard InChI is InChI=1S/C16H28N4O2S/c1-18-8-4-5-14(16(18)15-9-17-12-19(15)2)10-20(3)23(21,22)11-13-6-7-13/h9,12-14,16H,4-8,10-11H2,1-3H3/t14-,16+/m0/s1. The summed E-state index contributed by atoms with van der Waals surface area (Å²) in [6.07, 6.45) is 8.05. The molecule has 1 aromatic rings. The van der Waals surface area contributed by atoms with Gasteiger partial charge in [0.1, 0.15) is 0 Å². The van der Waals surface area contributed by atoms with Crippen LogP contribution in [0.15, 0.2) is 12.5 Å². The molecule has 130 valence electrons. The Bertz CT molecular complexity index is 638. The van der Waals surface area contributed by atoms with Crippen LogP contribution < -0.4 is 0 Å². The molecule has 0 amide bonds. The van der Waals surface area contributed by atoms with E-state index in [0.29, 0.717) is 24.1 Å². The minimum atomic E-state index is -3.12. The van der Waals surface area contributed by atoms with Gasteiger partial charge in [-0.1, -0.05) is 0 Å². The smallest absolute Gasteiger partial charge is 0.214 e. The number of sulfonamides is 1. The van der Waals surface area contributed by atoms with Gasteiger partial charge in [-0.3, -0.25) is 4.90 Å². The maximum absolute atomic E-state index is 12.5. The highest BCUT2D eigenvalue weighted by Crippen LogP contribution is 2.36. The second-order valence-electron chi connectivity index (χ2n) is 7.26. The van der Waals surface area contributed by atoms with E-state index in [1.165, 1.54) is 5.69 Å². The van der Waals surface area contributed by atoms with Gasteiger partial charge in [-0.25, -0.2) is 17.7 Å². The lowest BCUT2D eigenvalue weighted by atomic mass is 9.87. The van der Waals surface area contributed by atoms with Gasteiger partial charge in [0.15, 0.2) is 0 Å². The van der Waals surface area contributed by atoms with Crippen molar-refractivity contribution in [3.05, 3.63) is 18.2 Å². The van der Waals surface area contributed by atoms with Crippen molar-refractivity contribution in [2.24, 2.45) is 18.9 Å². The summed E-state index contributed by atoms with van der Waals surface area (Å²) in [5, 5.41) is 0. The largest absolute Gasteiger partial charge is 0.336 e. The van der Waals surface area contributed by atoms with E-state index in [1.807, 2.05) is 19.6 Å². The molecule has 1 aromatic heterocycles. The first-order chi connectivity index (χ1) is 10.9. The zero-order valence-electron chi connectivity index (χ0n) is 14.4. The van der Waals surface area contributed by atoms with Crippen LogP contribution in [0.25, 0.3) is 0 Å². The van der Waals surface area contributed by atoms with Crippen molar-refractivity contribution in [2.45, 2.75) is 31.7 Å². The van der Waals surface area contributed by atoms with E-state index in [4.69, 9.17) is 0 Å². The Morgan fingerprint density at radius 2 is 2.04 bits per heavy atom. The SMILES string of the molecule is CN1CCC[C@@H](CN(C)S(=O)(=O)CC2CC2)[C@@H]1c1cncn1C. The predicted octanol–water partition coefficient (Wildman–Crippen LogP) is 1.47. The lowest BCUT2D eigenvalue weighted by Crippen LogP contribution is -2.43. The van der Waals surface area contributed by atoms with Gasteiger partial charge < -0.3 is 4.57 Å². The zero-order valence-corrected chi connectivity index (χ0v) is 15.2. The highest BCUT2D eigenvalue weighted by molar-refractivity contribution is 7.89. The van der Waals surface area contributed by atoms with Gasteiger partial charge in [0, 0.05) is 26.8 Å². The monoisotopic (exact) mass is 340 g/mol. The molecule has 0 N–H and O–H groups in total. The Kier molecular flexibility index (Phi) is 4.80. The van der Waals surface area contributed by atoms with Crippen molar-refractivity contribution in [2.75, 3.05) is 32.9 Å². The molecule has 1 saturated heterocycles. The second-order valence-corrected chi connectivity index (χ2v) is 9.38. The van der Waals surface area contributed by atoms with Crippen LogP contribution in [0.4, 0.5) is 0 Å². The minimum absolute atomic E-state index is 0.231. The van der Waals surface area contributed by atoms with Gasteiger partial charge in [0.25, 0.3) is 0 Å². The normalized spacial score (nSPS) is 26.8. The Morgan fingerprint density at radius 1 is 1.30 bits per heavy atom. The highest BCUT2D eigenvalue weighted by atomic mass is 32.2. The third-order valence-corrected chi connectivity index (χ3v) is 7.27. The van der Waals surface area contributed by atoms with Crippen LogP contribution in [0.5, 0.6) is 0 Å². The maximum Gasteiger partial charge on any atom is 0.214 e. The number of rotatable bonds is 6. The van der Waals surface area contributed by atoms with Gasteiger partial charge in [0.2, 0.25) is 10.0 Å². The first-order valence-corrected chi connectivity index (χ1v) is 10.1. The average molecular weight is 340 g/mol. The van der Waals surface area contributed by atoms with Crippen molar-refractivity contribution >= 4 is 10.0 Å². The number of imidazole rings is 1. The molecule has 2 heterocycles. The van der Waals surface area contributed by atoms with Crippen LogP contribution >= 0.6 is 0 Å². The second kappa shape index (κ2) is 6.53. The van der Waals surface area contributed by atoms with E-state index in [0.717, 1.165) is 32.2 Å². The fourth-order valence-electron chi connectivity index (χ4n) is 3.72. The van der Waals surface area contributed by atoms with E-state index >= 15 is 0 Å². The van der Waals surface area contributed by atoms with E-state index in [-0.39, 0.29) is 6.04 Å². The quantitative estimate of drug-likeness (QED) is 0.787. The summed E-state index contributed by atoms with van der Waals surface area (Å²) in [6.45, 7) is 1.64. The average Bonchev–Trinajstić information content (AvgIpc) is 3.18. The summed E-state index contributed by atoms with van der Waals surface area (Å²) in [7, 11) is 2.76. The molecule has 0 unspecified atom stereocenters. The van der Waals surface area contributed by atoms with Crippen molar-refractivity contribution in [3.8, 4) is 0 Å². The molecule has 23 heavy (non-hydrogen) atoms. The molecule has 3 rings (SSSR count). The first-order valence-electron chi connectivity index (χ1n) is 8.49. The highest BCUT2D eigenvalue weighted by Gasteiger charge is 2.36. The van der Waals surface area contributed by atoms with Crippen molar-refractivity contribution in [1.29, 1.82) is 0 Å². The third-order valence-electron chi connectivity index (χ3n) is 5.27. The Balaban J connectivity index is 1.75. The number of nitrogens with zero attached hydrogens (tertiary/aromatic N) is 4. The third kappa shape index (κ3) is 3.78. The number of likely N-dealkylation sites (tertiary alicyclic amines) is 1. The number of hydrogen-bond acceptors (Lipinski definition) is 4. The molecule has 2 fully saturated rings. The zero-order chi connectivity index (χ0) is 16.6. The number of piperidine rings is 1. The Morgan fingerprint density at radius 3 is 2.65 bits per heavy atom. The van der Waals surface area contributed by atoms with Crippen LogP contribution in [-0.4, -0.2) is 60.1 Å². The van der Waals surface area contributed by atoms with Gasteiger partial charge in [-0.2, -0.15) is 0 Å². The van der Waals surface area contributed by atoms with E-state index in [9.17, 15) is 8.42 Å². The molecule has 7 heteroatoms. The summed E-state index contributed by atoms with van der Waals surface area (Å²) < 4.78 is 28.6. The van der Waals surface area contributed by atoms with Crippen LogP contribution in [0, 0.1) is 11.8 Å². The molecule has 1 aliphatic heterocycles. The summed E-state index contributed by atoms with van der Waals surface area (Å²) in [5.74, 6) is 1.02. The summed E-state index contributed by atoms with van der Waals surface area (Å²) in [4.78, 5) is 6.59. The summed E-state index contributed by atoms with van der Waals surface area (Å²) in [6, 6.07) is 0.231. The van der Waals surface area contributed by atoms with E-state index in [1.54, 1.807) is 11.4 Å². The molecule has 2 aliphatic rings. The topological polar surface area (TPSA) is 58.4 Å². The fourth-order valence-corrected chi connectivity index (χ4v) is 5.33. The molecule has 1 saturated carbocycles. The Labute approximate surface area is 139 Å². The summed E-state index contributed by atoms with van der Waals surface area (Å²) in [5.41, 5.74) is 1.17. The van der Waals surface area contributed by atoms with Crippen molar-refractivity contribution in [3.63, 3.8) is 0 Å². The molecule has 0 radical (unpaired) electrons. The van der Waals surface area contributed by atoms with Gasteiger partial charge >= 0.3 is 0 Å². The molecule has 2 atom stereocenters. The molecule has 6 nitrogen and oxygen atoms in total. The number of aryl methyl sites for hydroxylation is 1. The predicted molar refractivity (Wildman–Crippen MR) is 90.4 cm³/mol. The van der Waals surface area contributed by atoms with Gasteiger partial charge in [0.05, 0.1) is 23.8 Å². The first kappa shape index (κ1) is 16.9. The maximum atomic E-state index is 12.5. The molecule has 0 bridgehead atoms. The van der Waals surface area contributed by atoms with E-state index < -0.39 is 10.0 Å². The van der Waals surface area contributed by atoms with E-state index in [2.05, 4.69) is 21.5 Å². The van der Waals surface area contributed by atoms with Gasteiger partial charge in [-0.05, 0) is 51.1 Å². The fraction of sp³-hybridized carbons (Fsp3) is 0.812. The van der Waals surface area contributed by atoms with Crippen molar-refractivity contribution in [1.82, 2.24) is 18.8 Å². The molecular formula is C16H28N4O2S. The molecule has 0 aromatic carbocycles. The molecule has 0 spiro atoms. The number of aromatic nitrogens is 2. The van der Waals surface area contributed by atoms with Crippen LogP contribution in [-0.2, 0) is 17.1 Å². The summed E-state index contributed by atoms with van der Waals surface area (Å²) >= 11 is 0.